The van der Waals surface area contributed by atoms with Gasteiger partial charge in [0.2, 0.25) is 5.88 Å². The molecule has 118 valence electrons. The van der Waals surface area contributed by atoms with Crippen LogP contribution in [-0.4, -0.2) is 9.97 Å². The van der Waals surface area contributed by atoms with Crippen molar-refractivity contribution in [3.63, 3.8) is 0 Å². The van der Waals surface area contributed by atoms with Crippen LogP contribution in [-0.2, 0) is 13.0 Å². The molecule has 2 heterocycles. The predicted molar refractivity (Wildman–Crippen MR) is 94.2 cm³/mol. The van der Waals surface area contributed by atoms with Gasteiger partial charge in [-0.25, -0.2) is 9.97 Å². The van der Waals surface area contributed by atoms with E-state index in [0.717, 1.165) is 16.7 Å². The zero-order valence-corrected chi connectivity index (χ0v) is 13.1. The van der Waals surface area contributed by atoms with Crippen molar-refractivity contribution >= 4 is 5.82 Å². The first kappa shape index (κ1) is 15.6. The predicted octanol–water partition coefficient (Wildman–Crippen LogP) is 3.23. The van der Waals surface area contributed by atoms with Crippen LogP contribution in [0.25, 0.3) is 0 Å². The molecule has 3 rings (SSSR count). The topological polar surface area (TPSA) is 61.0 Å². The fourth-order valence-electron chi connectivity index (χ4n) is 2.11. The molecule has 0 radical (unpaired) electrons. The fraction of sp³-hybridized carbons (Fsp3) is 0.100. The smallest absolute Gasteiger partial charge is 0.213 e. The van der Waals surface area contributed by atoms with Crippen LogP contribution in [0.4, 0.5) is 5.82 Å². The second-order valence-electron chi connectivity index (χ2n) is 5.19. The van der Waals surface area contributed by atoms with Gasteiger partial charge in [-0.2, -0.15) is 0 Å². The lowest BCUT2D eigenvalue weighted by molar-refractivity contribution is 0.294. The molecular formula is C20H17N3O. The van der Waals surface area contributed by atoms with Crippen molar-refractivity contribution < 1.29 is 4.74 Å². The third-order valence-corrected chi connectivity index (χ3v) is 3.40. The maximum atomic E-state index is 5.77. The number of hydrogen-bond donors (Lipinski definition) is 1. The third kappa shape index (κ3) is 4.34. The highest BCUT2D eigenvalue weighted by Gasteiger charge is 1.97. The van der Waals surface area contributed by atoms with Crippen molar-refractivity contribution in [3.05, 3.63) is 83.7 Å². The first-order chi connectivity index (χ1) is 11.8. The van der Waals surface area contributed by atoms with E-state index in [-0.39, 0.29) is 0 Å². The Morgan fingerprint density at radius 3 is 2.42 bits per heavy atom. The molecule has 0 aliphatic rings. The molecule has 0 saturated carbocycles. The summed E-state index contributed by atoms with van der Waals surface area (Å²) < 4.78 is 5.62. The molecule has 0 atom stereocenters. The van der Waals surface area contributed by atoms with Gasteiger partial charge in [-0.15, -0.1) is 0 Å². The molecule has 0 bridgehead atoms. The number of rotatable bonds is 4. The largest absolute Gasteiger partial charge is 0.473 e. The lowest BCUT2D eigenvalue weighted by Crippen LogP contribution is -1.97. The first-order valence-electron chi connectivity index (χ1n) is 7.62. The van der Waals surface area contributed by atoms with Gasteiger partial charge in [0.05, 0.1) is 5.56 Å². The highest BCUT2D eigenvalue weighted by molar-refractivity contribution is 5.50. The number of pyridine rings is 2. The Labute approximate surface area is 141 Å². The minimum absolute atomic E-state index is 0.465. The summed E-state index contributed by atoms with van der Waals surface area (Å²) in [6.07, 6.45) is 4.04. The van der Waals surface area contributed by atoms with Crippen molar-refractivity contribution in [3.8, 4) is 17.7 Å². The van der Waals surface area contributed by atoms with Crippen molar-refractivity contribution in [2.24, 2.45) is 0 Å². The number of nitrogens with two attached hydrogens (primary N) is 1. The van der Waals surface area contributed by atoms with E-state index < -0.39 is 0 Å². The molecule has 0 amide bonds. The molecule has 24 heavy (non-hydrogen) atoms. The molecule has 4 nitrogen and oxygen atoms in total. The lowest BCUT2D eigenvalue weighted by Gasteiger charge is -2.05. The molecule has 1 aromatic carbocycles. The Kier molecular flexibility index (Phi) is 5.06. The number of nitrogens with zero attached hydrogens (tertiary/aromatic N) is 2. The number of anilines is 1. The highest BCUT2D eigenvalue weighted by Crippen LogP contribution is 2.10. The van der Waals surface area contributed by atoms with Crippen LogP contribution in [0.5, 0.6) is 5.88 Å². The van der Waals surface area contributed by atoms with Gasteiger partial charge < -0.3 is 10.5 Å². The van der Waals surface area contributed by atoms with E-state index in [1.54, 1.807) is 12.4 Å². The summed E-state index contributed by atoms with van der Waals surface area (Å²) in [5.41, 5.74) is 8.77. The van der Waals surface area contributed by atoms with Gasteiger partial charge in [0.15, 0.2) is 0 Å². The average Bonchev–Trinajstić information content (AvgIpc) is 2.63. The zero-order chi connectivity index (χ0) is 16.6. The van der Waals surface area contributed by atoms with E-state index in [2.05, 4.69) is 33.9 Å². The van der Waals surface area contributed by atoms with Gasteiger partial charge >= 0.3 is 0 Å². The van der Waals surface area contributed by atoms with Gasteiger partial charge in [0.25, 0.3) is 0 Å². The van der Waals surface area contributed by atoms with Crippen LogP contribution in [0.15, 0.2) is 67.0 Å². The standard InChI is InChI=1S/C20H17N3O/c21-20-18(7-4-14-23-20)6-3-5-16-9-11-17(12-10-16)15-24-19-8-1-2-13-22-19/h1-2,4,7-14H,5,15H2,(H2,21,23). The van der Waals surface area contributed by atoms with Crippen LogP contribution >= 0.6 is 0 Å². The third-order valence-electron chi connectivity index (χ3n) is 3.40. The maximum absolute atomic E-state index is 5.77. The molecule has 0 saturated heterocycles. The van der Waals surface area contributed by atoms with Gasteiger partial charge in [0, 0.05) is 24.9 Å². The summed E-state index contributed by atoms with van der Waals surface area (Å²) in [6, 6.07) is 17.5. The fourth-order valence-corrected chi connectivity index (χ4v) is 2.11. The lowest BCUT2D eigenvalue weighted by atomic mass is 10.1. The highest BCUT2D eigenvalue weighted by atomic mass is 16.5. The van der Waals surface area contributed by atoms with Crippen molar-refractivity contribution in [1.29, 1.82) is 0 Å². The molecular weight excluding hydrogens is 298 g/mol. The normalized spacial score (nSPS) is 9.83. The summed E-state index contributed by atoms with van der Waals surface area (Å²) >= 11 is 0. The Hall–Kier alpha value is -3.32. The number of aromatic nitrogens is 2. The quantitative estimate of drug-likeness (QED) is 0.751. The summed E-state index contributed by atoms with van der Waals surface area (Å²) in [5, 5.41) is 0. The number of benzene rings is 1. The van der Waals surface area contributed by atoms with E-state index in [1.165, 1.54) is 0 Å². The molecule has 3 aromatic rings. The summed E-state index contributed by atoms with van der Waals surface area (Å²) in [7, 11) is 0. The van der Waals surface area contributed by atoms with Crippen molar-refractivity contribution in [1.82, 2.24) is 9.97 Å². The number of nitrogen functional groups attached to an aromatic ring is 1. The van der Waals surface area contributed by atoms with E-state index in [4.69, 9.17) is 10.5 Å². The first-order valence-corrected chi connectivity index (χ1v) is 7.62. The monoisotopic (exact) mass is 315 g/mol. The van der Waals surface area contributed by atoms with Crippen LogP contribution in [0.1, 0.15) is 16.7 Å². The minimum Gasteiger partial charge on any atom is -0.473 e. The second-order valence-corrected chi connectivity index (χ2v) is 5.19. The van der Waals surface area contributed by atoms with E-state index >= 15 is 0 Å². The molecule has 0 aliphatic heterocycles. The summed E-state index contributed by atoms with van der Waals surface area (Å²) in [6.45, 7) is 0.495. The van der Waals surface area contributed by atoms with Gasteiger partial charge in [0.1, 0.15) is 12.4 Å². The Balaban J connectivity index is 1.56. The van der Waals surface area contributed by atoms with Crippen molar-refractivity contribution in [2.45, 2.75) is 13.0 Å². The number of ether oxygens (including phenoxy) is 1. The molecule has 0 unspecified atom stereocenters. The second kappa shape index (κ2) is 7.80. The maximum Gasteiger partial charge on any atom is 0.213 e. The van der Waals surface area contributed by atoms with Crippen LogP contribution < -0.4 is 10.5 Å². The molecule has 0 fully saturated rings. The zero-order valence-electron chi connectivity index (χ0n) is 13.1. The number of hydrogen-bond acceptors (Lipinski definition) is 4. The molecule has 0 aliphatic carbocycles. The Morgan fingerprint density at radius 1 is 0.875 bits per heavy atom. The van der Waals surface area contributed by atoms with Crippen LogP contribution in [0.2, 0.25) is 0 Å². The molecule has 2 aromatic heterocycles. The average molecular weight is 315 g/mol. The molecule has 4 heteroatoms. The van der Waals surface area contributed by atoms with E-state index in [1.807, 2.05) is 42.5 Å². The van der Waals surface area contributed by atoms with Gasteiger partial charge in [-0.05, 0) is 29.3 Å². The Morgan fingerprint density at radius 2 is 1.67 bits per heavy atom. The van der Waals surface area contributed by atoms with E-state index in [9.17, 15) is 0 Å². The Bertz CT molecular complexity index is 849. The SMILES string of the molecule is Nc1ncccc1C#CCc1ccc(COc2ccccn2)cc1. The molecule has 2 N–H and O–H groups in total. The van der Waals surface area contributed by atoms with Gasteiger partial charge in [-0.1, -0.05) is 42.2 Å². The molecule has 0 spiro atoms. The van der Waals surface area contributed by atoms with Crippen LogP contribution in [0.3, 0.4) is 0 Å². The minimum atomic E-state index is 0.465. The van der Waals surface area contributed by atoms with Crippen LogP contribution in [0, 0.1) is 11.8 Å². The summed E-state index contributed by atoms with van der Waals surface area (Å²) in [5.74, 6) is 7.27. The van der Waals surface area contributed by atoms with Crippen molar-refractivity contribution in [2.75, 3.05) is 5.73 Å². The summed E-state index contributed by atoms with van der Waals surface area (Å²) in [4.78, 5) is 8.15. The van der Waals surface area contributed by atoms with Gasteiger partial charge in [-0.3, -0.25) is 0 Å². The van der Waals surface area contributed by atoms with E-state index in [0.29, 0.717) is 24.7 Å².